The first-order chi connectivity index (χ1) is 13.1. The van der Waals surface area contributed by atoms with E-state index in [-0.39, 0.29) is 12.5 Å². The van der Waals surface area contributed by atoms with Crippen LogP contribution >= 0.6 is 0 Å². The van der Waals surface area contributed by atoms with Gasteiger partial charge in [-0.3, -0.25) is 4.79 Å². The van der Waals surface area contributed by atoms with Crippen molar-refractivity contribution in [3.63, 3.8) is 0 Å². The molecular formula is C20H21N5O2. The number of ether oxygens (including phenoxy) is 1. The Morgan fingerprint density at radius 3 is 2.04 bits per heavy atom. The molecule has 138 valence electrons. The summed E-state index contributed by atoms with van der Waals surface area (Å²) in [5, 5.41) is 8.97. The van der Waals surface area contributed by atoms with Crippen molar-refractivity contribution in [1.82, 2.24) is 15.3 Å². The van der Waals surface area contributed by atoms with Crippen molar-refractivity contribution in [2.45, 2.75) is 6.92 Å². The third-order valence-corrected chi connectivity index (χ3v) is 3.77. The smallest absolute Gasteiger partial charge is 0.257 e. The Labute approximate surface area is 157 Å². The number of anilines is 4. The molecule has 0 aliphatic carbocycles. The third kappa shape index (κ3) is 5.43. The second kappa shape index (κ2) is 8.66. The molecule has 0 unspecified atom stereocenters. The summed E-state index contributed by atoms with van der Waals surface area (Å²) in [7, 11) is 1.57. The summed E-state index contributed by atoms with van der Waals surface area (Å²) in [6.07, 6.45) is 1.50. The highest BCUT2D eigenvalue weighted by Gasteiger charge is 2.03. The molecule has 27 heavy (non-hydrogen) atoms. The van der Waals surface area contributed by atoms with E-state index in [2.05, 4.69) is 25.9 Å². The van der Waals surface area contributed by atoms with Gasteiger partial charge in [0.15, 0.2) is 6.61 Å². The molecule has 7 nitrogen and oxygen atoms in total. The Balaban J connectivity index is 1.62. The standard InChI is InChI=1S/C20H21N5O2/c1-14-3-5-15(6-4-14)24-18-11-19(23-13-22-18)25-16-7-9-17(10-8-16)27-12-20(26)21-2/h3-11,13H,12H2,1-2H3,(H,21,26)(H2,22,23,24,25). The second-order valence-corrected chi connectivity index (χ2v) is 5.89. The van der Waals surface area contributed by atoms with E-state index in [1.807, 2.05) is 49.4 Å². The molecule has 3 N–H and O–H groups in total. The average Bonchev–Trinajstić information content (AvgIpc) is 2.69. The molecule has 0 aliphatic heterocycles. The van der Waals surface area contributed by atoms with Gasteiger partial charge in [0.2, 0.25) is 0 Å². The van der Waals surface area contributed by atoms with Crippen molar-refractivity contribution < 1.29 is 9.53 Å². The first-order valence-corrected chi connectivity index (χ1v) is 8.48. The Bertz CT molecular complexity index is 895. The van der Waals surface area contributed by atoms with E-state index in [0.717, 1.165) is 11.4 Å². The summed E-state index contributed by atoms with van der Waals surface area (Å²) in [4.78, 5) is 19.7. The highest BCUT2D eigenvalue weighted by atomic mass is 16.5. The molecule has 0 bridgehead atoms. The SMILES string of the molecule is CNC(=O)COc1ccc(Nc2cc(Nc3ccc(C)cc3)ncn2)cc1. The van der Waals surface area contributed by atoms with Crippen LogP contribution in [0.3, 0.4) is 0 Å². The monoisotopic (exact) mass is 363 g/mol. The summed E-state index contributed by atoms with van der Waals surface area (Å²) < 4.78 is 5.38. The van der Waals surface area contributed by atoms with Crippen LogP contribution in [-0.4, -0.2) is 29.5 Å². The van der Waals surface area contributed by atoms with E-state index in [1.165, 1.54) is 11.9 Å². The van der Waals surface area contributed by atoms with Crippen molar-refractivity contribution in [3.05, 3.63) is 66.5 Å². The molecule has 0 atom stereocenters. The largest absolute Gasteiger partial charge is 0.484 e. The fraction of sp³-hybridized carbons (Fsp3) is 0.150. The number of aryl methyl sites for hydroxylation is 1. The van der Waals surface area contributed by atoms with Crippen LogP contribution in [0.2, 0.25) is 0 Å². The van der Waals surface area contributed by atoms with Gasteiger partial charge in [-0.15, -0.1) is 0 Å². The second-order valence-electron chi connectivity index (χ2n) is 5.89. The number of aromatic nitrogens is 2. The molecule has 0 spiro atoms. The summed E-state index contributed by atoms with van der Waals surface area (Å²) in [5.41, 5.74) is 3.01. The molecule has 0 saturated carbocycles. The van der Waals surface area contributed by atoms with Crippen LogP contribution < -0.4 is 20.7 Å². The van der Waals surface area contributed by atoms with Crippen LogP contribution in [0.4, 0.5) is 23.0 Å². The van der Waals surface area contributed by atoms with E-state index >= 15 is 0 Å². The number of carbonyl (C=O) groups is 1. The van der Waals surface area contributed by atoms with Crippen LogP contribution in [0, 0.1) is 6.92 Å². The molecule has 3 rings (SSSR count). The van der Waals surface area contributed by atoms with Crippen LogP contribution in [0.1, 0.15) is 5.56 Å². The minimum Gasteiger partial charge on any atom is -0.484 e. The van der Waals surface area contributed by atoms with E-state index in [0.29, 0.717) is 17.4 Å². The van der Waals surface area contributed by atoms with E-state index < -0.39 is 0 Å². The van der Waals surface area contributed by atoms with Gasteiger partial charge in [0.1, 0.15) is 23.7 Å². The summed E-state index contributed by atoms with van der Waals surface area (Å²) in [5.74, 6) is 1.81. The summed E-state index contributed by atoms with van der Waals surface area (Å²) >= 11 is 0. The normalized spacial score (nSPS) is 10.1. The van der Waals surface area contributed by atoms with Gasteiger partial charge in [0.05, 0.1) is 0 Å². The number of rotatable bonds is 7. The number of likely N-dealkylation sites (N-methyl/N-ethyl adjacent to an activating group) is 1. The number of nitrogens with one attached hydrogen (secondary N) is 3. The zero-order valence-corrected chi connectivity index (χ0v) is 15.2. The maximum Gasteiger partial charge on any atom is 0.257 e. The predicted molar refractivity (Wildman–Crippen MR) is 106 cm³/mol. The van der Waals surface area contributed by atoms with Gasteiger partial charge in [-0.05, 0) is 43.3 Å². The maximum absolute atomic E-state index is 11.2. The number of hydrogen-bond donors (Lipinski definition) is 3. The number of nitrogens with zero attached hydrogens (tertiary/aromatic N) is 2. The molecule has 0 radical (unpaired) electrons. The Morgan fingerprint density at radius 2 is 1.48 bits per heavy atom. The third-order valence-electron chi connectivity index (χ3n) is 3.77. The molecular weight excluding hydrogens is 342 g/mol. The molecule has 1 aromatic heterocycles. The number of carbonyl (C=O) groups excluding carboxylic acids is 1. The quantitative estimate of drug-likeness (QED) is 0.596. The first-order valence-electron chi connectivity index (χ1n) is 8.48. The first kappa shape index (κ1) is 18.2. The van der Waals surface area contributed by atoms with Crippen LogP contribution in [0.15, 0.2) is 60.9 Å². The summed E-state index contributed by atoms with van der Waals surface area (Å²) in [6, 6.07) is 17.2. The van der Waals surface area contributed by atoms with Gasteiger partial charge in [0.25, 0.3) is 5.91 Å². The lowest BCUT2D eigenvalue weighted by Gasteiger charge is -2.10. The topological polar surface area (TPSA) is 88.2 Å². The zero-order chi connectivity index (χ0) is 19.1. The van der Waals surface area contributed by atoms with Crippen LogP contribution in [-0.2, 0) is 4.79 Å². The van der Waals surface area contributed by atoms with Gasteiger partial charge < -0.3 is 20.7 Å². The van der Waals surface area contributed by atoms with E-state index in [9.17, 15) is 4.79 Å². The highest BCUT2D eigenvalue weighted by Crippen LogP contribution is 2.21. The molecule has 2 aromatic carbocycles. The predicted octanol–water partition coefficient (Wildman–Crippen LogP) is 3.40. The molecule has 3 aromatic rings. The van der Waals surface area contributed by atoms with Crippen molar-refractivity contribution >= 4 is 28.9 Å². The number of benzene rings is 2. The summed E-state index contributed by atoms with van der Waals surface area (Å²) in [6.45, 7) is 2.04. The lowest BCUT2D eigenvalue weighted by atomic mass is 10.2. The highest BCUT2D eigenvalue weighted by molar-refractivity contribution is 5.77. The Hall–Kier alpha value is -3.61. The number of hydrogen-bond acceptors (Lipinski definition) is 6. The molecule has 0 aliphatic rings. The van der Waals surface area contributed by atoms with Gasteiger partial charge >= 0.3 is 0 Å². The molecule has 7 heteroatoms. The molecule has 1 heterocycles. The lowest BCUT2D eigenvalue weighted by Crippen LogP contribution is -2.24. The van der Waals surface area contributed by atoms with Crippen LogP contribution in [0.5, 0.6) is 5.75 Å². The zero-order valence-electron chi connectivity index (χ0n) is 15.2. The van der Waals surface area contributed by atoms with Crippen molar-refractivity contribution in [2.75, 3.05) is 24.3 Å². The van der Waals surface area contributed by atoms with Gasteiger partial charge in [-0.1, -0.05) is 17.7 Å². The fourth-order valence-electron chi connectivity index (χ4n) is 2.28. The van der Waals surface area contributed by atoms with E-state index in [4.69, 9.17) is 4.74 Å². The lowest BCUT2D eigenvalue weighted by molar-refractivity contribution is -0.122. The Kier molecular flexibility index (Phi) is 5.84. The maximum atomic E-state index is 11.2. The molecule has 1 amide bonds. The van der Waals surface area contributed by atoms with Gasteiger partial charge in [-0.2, -0.15) is 0 Å². The van der Waals surface area contributed by atoms with Gasteiger partial charge in [-0.25, -0.2) is 9.97 Å². The minimum absolute atomic E-state index is 0.0107. The molecule has 0 saturated heterocycles. The minimum atomic E-state index is -0.174. The average molecular weight is 363 g/mol. The molecule has 0 fully saturated rings. The van der Waals surface area contributed by atoms with E-state index in [1.54, 1.807) is 19.2 Å². The van der Waals surface area contributed by atoms with Crippen molar-refractivity contribution in [2.24, 2.45) is 0 Å². The van der Waals surface area contributed by atoms with Gasteiger partial charge in [0, 0.05) is 24.5 Å². The number of amides is 1. The fourth-order valence-corrected chi connectivity index (χ4v) is 2.28. The van der Waals surface area contributed by atoms with Crippen LogP contribution in [0.25, 0.3) is 0 Å². The Morgan fingerprint density at radius 1 is 0.926 bits per heavy atom. The van der Waals surface area contributed by atoms with Crippen molar-refractivity contribution in [1.29, 1.82) is 0 Å². The van der Waals surface area contributed by atoms with Crippen molar-refractivity contribution in [3.8, 4) is 5.75 Å².